The van der Waals surface area contributed by atoms with E-state index in [-0.39, 0.29) is 12.1 Å². The number of aromatic nitrogens is 2. The van der Waals surface area contributed by atoms with Crippen LogP contribution in [0.1, 0.15) is 47.2 Å². The third-order valence-electron chi connectivity index (χ3n) is 4.99. The molecule has 2 heterocycles. The van der Waals surface area contributed by atoms with E-state index in [0.29, 0.717) is 12.8 Å². The highest BCUT2D eigenvalue weighted by molar-refractivity contribution is 5.27. The monoisotopic (exact) mass is 366 g/mol. The number of hydrogen-bond donors (Lipinski definition) is 0. The molecule has 0 radical (unpaired) electrons. The van der Waals surface area contributed by atoms with Gasteiger partial charge >= 0.3 is 0 Å². The van der Waals surface area contributed by atoms with Crippen LogP contribution in [-0.4, -0.2) is 0 Å². The second kappa shape index (κ2) is 9.03. The van der Waals surface area contributed by atoms with E-state index in [1.165, 1.54) is 22.3 Å². The first-order valence-corrected chi connectivity index (χ1v) is 9.54. The van der Waals surface area contributed by atoms with E-state index in [9.17, 15) is 0 Å². The zero-order valence-corrected chi connectivity index (χ0v) is 16.5. The van der Waals surface area contributed by atoms with Crippen molar-refractivity contribution in [1.29, 1.82) is 0 Å². The molecule has 0 aliphatic rings. The summed E-state index contributed by atoms with van der Waals surface area (Å²) in [6.07, 6.45) is 21.0. The van der Waals surface area contributed by atoms with Gasteiger partial charge in [0.1, 0.15) is 0 Å². The van der Waals surface area contributed by atoms with Gasteiger partial charge in [0, 0.05) is 34.4 Å². The predicted molar refractivity (Wildman–Crippen MR) is 112 cm³/mol. The smallest absolute Gasteiger partial charge is 0.194 e. The molecule has 2 heteroatoms. The molecule has 0 saturated heterocycles. The second-order valence-electron chi connectivity index (χ2n) is 7.17. The number of hydrogen-bond acceptors (Lipinski definition) is 0. The Morgan fingerprint density at radius 2 is 1.11 bits per heavy atom. The van der Waals surface area contributed by atoms with Crippen molar-refractivity contribution < 1.29 is 9.13 Å². The molecule has 2 unspecified atom stereocenters. The zero-order valence-electron chi connectivity index (χ0n) is 16.5. The molecule has 0 N–H and O–H groups in total. The molecular weight excluding hydrogens is 340 g/mol. The van der Waals surface area contributed by atoms with Gasteiger partial charge in [0.05, 0.1) is 12.8 Å². The summed E-state index contributed by atoms with van der Waals surface area (Å²) in [5.74, 6) is 5.65. The van der Waals surface area contributed by atoms with E-state index in [0.717, 1.165) is 0 Å². The fraction of sp³-hybridized carbons (Fsp3) is 0.231. The van der Waals surface area contributed by atoms with Crippen LogP contribution in [0.15, 0.2) is 73.3 Å². The van der Waals surface area contributed by atoms with Crippen LogP contribution in [0, 0.1) is 38.5 Å². The molecule has 28 heavy (non-hydrogen) atoms. The SMILES string of the molecule is C#CCC(c1ccc(C(CC#C)[n+]2cccc(C)c2)cc1)[n+]1cccc(C)c1. The summed E-state index contributed by atoms with van der Waals surface area (Å²) in [4.78, 5) is 0. The lowest BCUT2D eigenvalue weighted by Gasteiger charge is -2.14. The summed E-state index contributed by atoms with van der Waals surface area (Å²) in [5.41, 5.74) is 4.83. The van der Waals surface area contributed by atoms with Crippen LogP contribution in [0.5, 0.6) is 0 Å². The van der Waals surface area contributed by atoms with Gasteiger partial charge in [-0.2, -0.15) is 9.13 Å². The van der Waals surface area contributed by atoms with Gasteiger partial charge in [-0.15, -0.1) is 12.8 Å². The van der Waals surface area contributed by atoms with Crippen LogP contribution in [0.4, 0.5) is 0 Å². The van der Waals surface area contributed by atoms with Crippen LogP contribution in [-0.2, 0) is 0 Å². The topological polar surface area (TPSA) is 7.76 Å². The summed E-state index contributed by atoms with van der Waals surface area (Å²) in [7, 11) is 0. The molecule has 0 aliphatic heterocycles. The highest BCUT2D eigenvalue weighted by Gasteiger charge is 2.23. The third-order valence-corrected chi connectivity index (χ3v) is 4.99. The van der Waals surface area contributed by atoms with Crippen LogP contribution in [0.2, 0.25) is 0 Å². The van der Waals surface area contributed by atoms with Crippen LogP contribution >= 0.6 is 0 Å². The Hall–Kier alpha value is -3.36. The van der Waals surface area contributed by atoms with Crippen molar-refractivity contribution in [2.75, 3.05) is 0 Å². The number of rotatable bonds is 6. The second-order valence-corrected chi connectivity index (χ2v) is 7.17. The highest BCUT2D eigenvalue weighted by Crippen LogP contribution is 2.21. The number of nitrogens with zero attached hydrogens (tertiary/aromatic N) is 2. The Bertz CT molecular complexity index is 935. The van der Waals surface area contributed by atoms with Crippen LogP contribution in [0.25, 0.3) is 0 Å². The first-order chi connectivity index (χ1) is 13.6. The van der Waals surface area contributed by atoms with Crippen molar-refractivity contribution >= 4 is 0 Å². The van der Waals surface area contributed by atoms with Crippen molar-refractivity contribution in [2.45, 2.75) is 38.8 Å². The van der Waals surface area contributed by atoms with Crippen molar-refractivity contribution in [3.63, 3.8) is 0 Å². The minimum absolute atomic E-state index is 0.122. The molecule has 0 saturated carbocycles. The van der Waals surface area contributed by atoms with Gasteiger partial charge in [0.15, 0.2) is 36.9 Å². The van der Waals surface area contributed by atoms with E-state index >= 15 is 0 Å². The maximum absolute atomic E-state index is 5.66. The Kier molecular flexibility index (Phi) is 6.25. The van der Waals surface area contributed by atoms with E-state index < -0.39 is 0 Å². The van der Waals surface area contributed by atoms with Crippen molar-refractivity contribution in [3.05, 3.63) is 95.6 Å². The molecule has 138 valence electrons. The van der Waals surface area contributed by atoms with Crippen molar-refractivity contribution in [1.82, 2.24) is 0 Å². The Morgan fingerprint density at radius 1 is 0.714 bits per heavy atom. The molecule has 2 atom stereocenters. The molecule has 2 nitrogen and oxygen atoms in total. The van der Waals surface area contributed by atoms with Gasteiger partial charge in [-0.05, 0) is 26.0 Å². The van der Waals surface area contributed by atoms with Crippen molar-refractivity contribution in [3.8, 4) is 24.7 Å². The summed E-state index contributed by atoms with van der Waals surface area (Å²) in [6, 6.07) is 17.2. The molecule has 3 rings (SSSR count). The maximum atomic E-state index is 5.66. The van der Waals surface area contributed by atoms with Crippen LogP contribution < -0.4 is 9.13 Å². The van der Waals surface area contributed by atoms with Gasteiger partial charge in [0.2, 0.25) is 0 Å². The molecule has 3 aromatic rings. The maximum Gasteiger partial charge on any atom is 0.194 e. The van der Waals surface area contributed by atoms with E-state index in [1.54, 1.807) is 0 Å². The number of terminal acetylenes is 2. The first kappa shape index (κ1) is 19.4. The average Bonchev–Trinajstić information content (AvgIpc) is 2.70. The lowest BCUT2D eigenvalue weighted by Crippen LogP contribution is -2.40. The fourth-order valence-electron chi connectivity index (χ4n) is 3.57. The lowest BCUT2D eigenvalue weighted by atomic mass is 9.97. The van der Waals surface area contributed by atoms with Gasteiger partial charge in [-0.1, -0.05) is 36.1 Å². The van der Waals surface area contributed by atoms with Crippen LogP contribution in [0.3, 0.4) is 0 Å². The first-order valence-electron chi connectivity index (χ1n) is 9.54. The molecule has 1 aromatic carbocycles. The van der Waals surface area contributed by atoms with E-state index in [4.69, 9.17) is 12.8 Å². The summed E-state index contributed by atoms with van der Waals surface area (Å²) in [6.45, 7) is 4.19. The normalized spacial score (nSPS) is 12.6. The predicted octanol–water partition coefficient (Wildman–Crippen LogP) is 4.10. The zero-order chi connectivity index (χ0) is 19.9. The minimum atomic E-state index is 0.122. The quantitative estimate of drug-likeness (QED) is 0.458. The average molecular weight is 367 g/mol. The fourth-order valence-corrected chi connectivity index (χ4v) is 3.57. The Morgan fingerprint density at radius 3 is 1.43 bits per heavy atom. The van der Waals surface area contributed by atoms with Gasteiger partial charge in [0.25, 0.3) is 0 Å². The largest absolute Gasteiger partial charge is 0.197 e. The molecule has 0 fully saturated rings. The number of aryl methyl sites for hydroxylation is 2. The van der Waals surface area contributed by atoms with E-state index in [1.807, 2.05) is 0 Å². The Labute approximate surface area is 168 Å². The summed E-state index contributed by atoms with van der Waals surface area (Å²) in [5, 5.41) is 0. The minimum Gasteiger partial charge on any atom is -0.197 e. The van der Waals surface area contributed by atoms with E-state index in [2.05, 4.69) is 108 Å². The third kappa shape index (κ3) is 4.48. The standard InChI is InChI=1S/C26H26N2/c1-5-9-25(27-17-7-11-21(3)19-27)23-13-15-24(16-14-23)26(10-6-2)28-18-8-12-22(4)20-28/h1-2,7-8,11-20,25-26H,9-10H2,3-4H3/q+2. The molecule has 0 aliphatic carbocycles. The highest BCUT2D eigenvalue weighted by atomic mass is 15.0. The summed E-state index contributed by atoms with van der Waals surface area (Å²) < 4.78 is 4.39. The lowest BCUT2D eigenvalue weighted by molar-refractivity contribution is -0.713. The number of benzene rings is 1. The molecule has 0 spiro atoms. The molecule has 0 amide bonds. The van der Waals surface area contributed by atoms with Crippen molar-refractivity contribution in [2.24, 2.45) is 0 Å². The van der Waals surface area contributed by atoms with Gasteiger partial charge in [-0.25, -0.2) is 0 Å². The summed E-state index contributed by atoms with van der Waals surface area (Å²) >= 11 is 0. The molecule has 0 bridgehead atoms. The van der Waals surface area contributed by atoms with Gasteiger partial charge < -0.3 is 0 Å². The Balaban J connectivity index is 1.94. The number of pyridine rings is 2. The van der Waals surface area contributed by atoms with Gasteiger partial charge in [-0.3, -0.25) is 0 Å². The molecule has 2 aromatic heterocycles. The molecular formula is C26H26N2+2.